The van der Waals surface area contributed by atoms with Gasteiger partial charge in [0.1, 0.15) is 11.4 Å². The molecule has 134 valence electrons. The Morgan fingerprint density at radius 1 is 1.12 bits per heavy atom. The first-order chi connectivity index (χ1) is 11.7. The molecule has 0 radical (unpaired) electrons. The Kier molecular flexibility index (Phi) is 5.84. The molecule has 0 atom stereocenters. The lowest BCUT2D eigenvalue weighted by atomic mass is 9.93. The van der Waals surface area contributed by atoms with Crippen molar-refractivity contribution in [3.05, 3.63) is 11.4 Å². The zero-order chi connectivity index (χ0) is 16.9. The predicted octanol–water partition coefficient (Wildman–Crippen LogP) is 1.48. The number of methoxy groups -OCH3 is 1. The number of esters is 1. The molecule has 0 bridgehead atoms. The molecule has 3 rings (SSSR count). The summed E-state index contributed by atoms with van der Waals surface area (Å²) in [5.74, 6) is 0.0517. The third kappa shape index (κ3) is 3.95. The molecule has 3 heterocycles. The smallest absolute Gasteiger partial charge is 0.308 e. The topological polar surface area (TPSA) is 71.7 Å². The minimum atomic E-state index is -0.0441. The van der Waals surface area contributed by atoms with Crippen LogP contribution in [-0.2, 0) is 22.5 Å². The molecule has 24 heavy (non-hydrogen) atoms. The van der Waals surface area contributed by atoms with E-state index in [1.165, 1.54) is 20.0 Å². The lowest BCUT2D eigenvalue weighted by Gasteiger charge is -2.41. The largest absolute Gasteiger partial charge is 0.469 e. The van der Waals surface area contributed by atoms with Gasteiger partial charge in [0.25, 0.3) is 0 Å². The molecule has 2 aliphatic heterocycles. The number of hydrogen-bond donors (Lipinski definition) is 0. The number of aromatic nitrogens is 2. The van der Waals surface area contributed by atoms with Crippen LogP contribution in [-0.4, -0.2) is 65.4 Å². The fourth-order valence-corrected chi connectivity index (χ4v) is 3.93. The number of carbonyl (C=O) groups excluding carboxylic acids is 1. The van der Waals surface area contributed by atoms with E-state index >= 15 is 0 Å². The van der Waals surface area contributed by atoms with Gasteiger partial charge in [-0.05, 0) is 45.2 Å². The summed E-state index contributed by atoms with van der Waals surface area (Å²) in [5, 5.41) is 8.00. The average molecular weight is 336 g/mol. The molecular weight excluding hydrogens is 308 g/mol. The van der Waals surface area contributed by atoms with Gasteiger partial charge in [-0.1, -0.05) is 17.2 Å². The van der Waals surface area contributed by atoms with Crippen LogP contribution in [0.25, 0.3) is 0 Å². The van der Waals surface area contributed by atoms with Crippen molar-refractivity contribution >= 4 is 5.97 Å². The highest BCUT2D eigenvalue weighted by atomic mass is 16.6. The van der Waals surface area contributed by atoms with Crippen molar-refractivity contribution in [3.63, 3.8) is 0 Å². The molecule has 1 aromatic rings. The summed E-state index contributed by atoms with van der Waals surface area (Å²) in [4.78, 5) is 16.6. The van der Waals surface area contributed by atoms with Crippen molar-refractivity contribution in [2.24, 2.45) is 5.92 Å². The van der Waals surface area contributed by atoms with Gasteiger partial charge in [0, 0.05) is 25.7 Å². The Balaban J connectivity index is 1.43. The van der Waals surface area contributed by atoms with Crippen molar-refractivity contribution in [2.75, 3.05) is 33.3 Å². The average Bonchev–Trinajstić information content (AvgIpc) is 3.09. The molecular formula is C17H28N4O3. The molecule has 2 fully saturated rings. The fraction of sp³-hybridized carbons (Fsp3) is 0.824. The molecule has 0 amide bonds. The summed E-state index contributed by atoms with van der Waals surface area (Å²) in [6.45, 7) is 7.10. The van der Waals surface area contributed by atoms with Gasteiger partial charge in [0.15, 0.2) is 0 Å². The summed E-state index contributed by atoms with van der Waals surface area (Å²) in [6.07, 6.45) is 5.07. The second kappa shape index (κ2) is 8.07. The minimum Gasteiger partial charge on any atom is -0.469 e. The van der Waals surface area contributed by atoms with Gasteiger partial charge in [-0.25, -0.2) is 4.63 Å². The Bertz CT molecular complexity index is 532. The Labute approximate surface area is 143 Å². The fourth-order valence-electron chi connectivity index (χ4n) is 3.93. The molecule has 0 N–H and O–H groups in total. The molecule has 0 aromatic carbocycles. The van der Waals surface area contributed by atoms with Crippen LogP contribution in [0.2, 0.25) is 0 Å². The molecule has 0 aliphatic carbocycles. The summed E-state index contributed by atoms with van der Waals surface area (Å²) in [5.41, 5.74) is 1.96. The summed E-state index contributed by atoms with van der Waals surface area (Å²) < 4.78 is 9.73. The first-order valence-electron chi connectivity index (χ1n) is 9.05. The van der Waals surface area contributed by atoms with Gasteiger partial charge < -0.3 is 9.64 Å². The maximum atomic E-state index is 11.6. The summed E-state index contributed by atoms with van der Waals surface area (Å²) in [7, 11) is 1.48. The Morgan fingerprint density at radius 2 is 1.79 bits per heavy atom. The number of nitrogens with zero attached hydrogens (tertiary/aromatic N) is 4. The van der Waals surface area contributed by atoms with Gasteiger partial charge in [-0.15, -0.1) is 0 Å². The van der Waals surface area contributed by atoms with Crippen molar-refractivity contribution in [2.45, 2.75) is 51.6 Å². The van der Waals surface area contributed by atoms with Crippen LogP contribution in [0.4, 0.5) is 0 Å². The lowest BCUT2D eigenvalue weighted by molar-refractivity contribution is -0.147. The Hall–Kier alpha value is -1.47. The number of aryl methyl sites for hydroxylation is 1. The van der Waals surface area contributed by atoms with Crippen LogP contribution < -0.4 is 0 Å². The van der Waals surface area contributed by atoms with Crippen molar-refractivity contribution in [1.82, 2.24) is 20.1 Å². The van der Waals surface area contributed by atoms with Gasteiger partial charge in [0.05, 0.1) is 13.0 Å². The van der Waals surface area contributed by atoms with E-state index in [0.717, 1.165) is 63.4 Å². The number of likely N-dealkylation sites (tertiary alicyclic amines) is 2. The highest BCUT2D eigenvalue weighted by Crippen LogP contribution is 2.25. The minimum absolute atomic E-state index is 0.0441. The second-order valence-electron chi connectivity index (χ2n) is 6.85. The molecule has 0 spiro atoms. The van der Waals surface area contributed by atoms with Crippen LogP contribution in [0.5, 0.6) is 0 Å². The number of hydrogen-bond acceptors (Lipinski definition) is 7. The molecule has 7 heteroatoms. The van der Waals surface area contributed by atoms with E-state index in [1.807, 2.05) is 0 Å². The molecule has 2 saturated heterocycles. The predicted molar refractivity (Wildman–Crippen MR) is 88.3 cm³/mol. The highest BCUT2D eigenvalue weighted by molar-refractivity contribution is 5.72. The standard InChI is InChI=1S/C17H28N4O3/c1-3-15-16(19-24-18-15)12-20-8-6-14(7-9-20)21-10-4-13(5-11-21)17(22)23-2/h13-14H,3-12H2,1-2H3. The normalized spacial score (nSPS) is 21.9. The number of piperidine rings is 2. The van der Waals surface area contributed by atoms with E-state index in [1.54, 1.807) is 0 Å². The zero-order valence-electron chi connectivity index (χ0n) is 14.7. The second-order valence-corrected chi connectivity index (χ2v) is 6.85. The van der Waals surface area contributed by atoms with Crippen LogP contribution in [0, 0.1) is 5.92 Å². The molecule has 2 aliphatic rings. The van der Waals surface area contributed by atoms with Crippen LogP contribution in [0.1, 0.15) is 44.0 Å². The van der Waals surface area contributed by atoms with Gasteiger partial charge in [0.2, 0.25) is 0 Å². The number of carbonyl (C=O) groups is 1. The van der Waals surface area contributed by atoms with E-state index in [2.05, 4.69) is 27.0 Å². The number of ether oxygens (including phenoxy) is 1. The van der Waals surface area contributed by atoms with Gasteiger partial charge >= 0.3 is 5.97 Å². The molecule has 7 nitrogen and oxygen atoms in total. The van der Waals surface area contributed by atoms with E-state index in [4.69, 9.17) is 9.37 Å². The van der Waals surface area contributed by atoms with Crippen LogP contribution >= 0.6 is 0 Å². The van der Waals surface area contributed by atoms with E-state index in [0.29, 0.717) is 6.04 Å². The first-order valence-corrected chi connectivity index (χ1v) is 9.05. The number of rotatable bonds is 5. The van der Waals surface area contributed by atoms with Crippen molar-refractivity contribution in [3.8, 4) is 0 Å². The van der Waals surface area contributed by atoms with Crippen LogP contribution in [0.15, 0.2) is 4.63 Å². The molecule has 0 unspecified atom stereocenters. The summed E-state index contributed by atoms with van der Waals surface area (Å²) in [6, 6.07) is 0.640. The molecule has 1 aromatic heterocycles. The first kappa shape index (κ1) is 17.4. The van der Waals surface area contributed by atoms with Crippen molar-refractivity contribution < 1.29 is 14.2 Å². The van der Waals surface area contributed by atoms with E-state index in [-0.39, 0.29) is 11.9 Å². The van der Waals surface area contributed by atoms with E-state index < -0.39 is 0 Å². The van der Waals surface area contributed by atoms with Gasteiger partial charge in [-0.3, -0.25) is 9.69 Å². The third-order valence-corrected chi connectivity index (χ3v) is 5.48. The highest BCUT2D eigenvalue weighted by Gasteiger charge is 2.31. The maximum Gasteiger partial charge on any atom is 0.308 e. The summed E-state index contributed by atoms with van der Waals surface area (Å²) >= 11 is 0. The quantitative estimate of drug-likeness (QED) is 0.754. The molecule has 0 saturated carbocycles. The Morgan fingerprint density at radius 3 is 2.42 bits per heavy atom. The van der Waals surface area contributed by atoms with E-state index in [9.17, 15) is 4.79 Å². The SMILES string of the molecule is CCc1nonc1CN1CCC(N2CCC(C(=O)OC)CC2)CC1. The maximum absolute atomic E-state index is 11.6. The monoisotopic (exact) mass is 336 g/mol. The van der Waals surface area contributed by atoms with Crippen LogP contribution in [0.3, 0.4) is 0 Å². The third-order valence-electron chi connectivity index (χ3n) is 5.48. The lowest BCUT2D eigenvalue weighted by Crippen LogP contribution is -2.48. The van der Waals surface area contributed by atoms with Gasteiger partial charge in [-0.2, -0.15) is 0 Å². The zero-order valence-corrected chi connectivity index (χ0v) is 14.7. The van der Waals surface area contributed by atoms with Crippen molar-refractivity contribution in [1.29, 1.82) is 0 Å².